The maximum absolute atomic E-state index is 11.8. The third-order valence-corrected chi connectivity index (χ3v) is 5.42. The lowest BCUT2D eigenvalue weighted by Crippen LogP contribution is -2.30. The molecule has 2 aliphatic heterocycles. The van der Waals surface area contributed by atoms with Crippen LogP contribution in [-0.2, 0) is 9.84 Å². The van der Waals surface area contributed by atoms with Crippen LogP contribution in [0.25, 0.3) is 5.65 Å². The lowest BCUT2D eigenvalue weighted by molar-refractivity contribution is 0.573. The van der Waals surface area contributed by atoms with Crippen molar-refractivity contribution in [3.63, 3.8) is 0 Å². The molecule has 1 unspecified atom stereocenters. The summed E-state index contributed by atoms with van der Waals surface area (Å²) in [6.07, 6.45) is 13.5. The number of hydrogen-bond acceptors (Lipinski definition) is 7. The number of nitrogens with zero attached hydrogens (tertiary/aromatic N) is 5. The highest BCUT2D eigenvalue weighted by atomic mass is 32.2. The Hall–Kier alpha value is -2.42. The van der Waals surface area contributed by atoms with Gasteiger partial charge in [0.2, 0.25) is 15.0 Å². The average Bonchev–Trinajstić information content (AvgIpc) is 3.21. The van der Waals surface area contributed by atoms with E-state index in [2.05, 4.69) is 25.2 Å². The molecular formula is C20H32N6O2S. The average molecular weight is 421 g/mol. The van der Waals surface area contributed by atoms with Gasteiger partial charge in [-0.25, -0.2) is 23.4 Å². The number of aliphatic imine (C=N–C) groups is 1. The molecule has 1 fully saturated rings. The smallest absolute Gasteiger partial charge is 0.220 e. The largest absolute Gasteiger partial charge is 0.354 e. The van der Waals surface area contributed by atoms with Crippen molar-refractivity contribution in [1.82, 2.24) is 19.7 Å². The predicted octanol–water partition coefficient (Wildman–Crippen LogP) is 3.33. The Kier molecular flexibility index (Phi) is 8.19. The summed E-state index contributed by atoms with van der Waals surface area (Å²) >= 11 is 0. The normalized spacial score (nSPS) is 18.7. The van der Waals surface area contributed by atoms with Crippen LogP contribution in [-0.4, -0.2) is 47.3 Å². The van der Waals surface area contributed by atoms with Crippen LogP contribution in [0.5, 0.6) is 0 Å². The molecule has 2 aliphatic rings. The van der Waals surface area contributed by atoms with Crippen LogP contribution in [0.1, 0.15) is 58.7 Å². The summed E-state index contributed by atoms with van der Waals surface area (Å²) in [7, 11) is -3.39. The van der Waals surface area contributed by atoms with Gasteiger partial charge in [0.25, 0.3) is 0 Å². The number of anilines is 1. The Labute approximate surface area is 173 Å². The van der Waals surface area contributed by atoms with Crippen molar-refractivity contribution in [1.29, 1.82) is 0 Å². The molecular weight excluding hydrogens is 388 g/mol. The second kappa shape index (κ2) is 10.4. The van der Waals surface area contributed by atoms with Crippen molar-refractivity contribution in [2.24, 2.45) is 4.99 Å². The minimum Gasteiger partial charge on any atom is -0.354 e. The van der Waals surface area contributed by atoms with E-state index in [9.17, 15) is 8.42 Å². The molecule has 29 heavy (non-hydrogen) atoms. The van der Waals surface area contributed by atoms with E-state index in [1.165, 1.54) is 6.42 Å². The van der Waals surface area contributed by atoms with Gasteiger partial charge in [-0.1, -0.05) is 27.7 Å². The Morgan fingerprint density at radius 3 is 2.41 bits per heavy atom. The summed E-state index contributed by atoms with van der Waals surface area (Å²) < 4.78 is 25.5. The molecule has 0 radical (unpaired) electrons. The quantitative estimate of drug-likeness (QED) is 0.801. The van der Waals surface area contributed by atoms with Gasteiger partial charge in [0.05, 0.1) is 11.9 Å². The topological polar surface area (TPSA) is 92.0 Å². The van der Waals surface area contributed by atoms with Gasteiger partial charge in [-0.05, 0) is 25.3 Å². The molecule has 2 aromatic rings. The first-order valence-corrected chi connectivity index (χ1v) is 12.2. The van der Waals surface area contributed by atoms with Crippen LogP contribution in [0.2, 0.25) is 0 Å². The zero-order chi connectivity index (χ0) is 21.4. The number of sulfone groups is 1. The highest BCUT2D eigenvalue weighted by Crippen LogP contribution is 2.27. The molecule has 160 valence electrons. The van der Waals surface area contributed by atoms with Gasteiger partial charge in [0.15, 0.2) is 11.5 Å². The van der Waals surface area contributed by atoms with Crippen molar-refractivity contribution < 1.29 is 8.42 Å². The van der Waals surface area contributed by atoms with Crippen LogP contribution < -0.4 is 10.2 Å². The van der Waals surface area contributed by atoms with E-state index in [4.69, 9.17) is 0 Å². The first kappa shape index (κ1) is 22.9. The Morgan fingerprint density at radius 2 is 1.76 bits per heavy atom. The monoisotopic (exact) mass is 420 g/mol. The molecule has 1 N–H and O–H groups in total. The van der Waals surface area contributed by atoms with E-state index in [0.29, 0.717) is 0 Å². The number of hydrogen-bond donors (Lipinski definition) is 1. The van der Waals surface area contributed by atoms with Gasteiger partial charge in [0, 0.05) is 37.9 Å². The van der Waals surface area contributed by atoms with Gasteiger partial charge in [0.1, 0.15) is 6.04 Å². The number of nitrogens with one attached hydrogen (secondary N) is 1. The van der Waals surface area contributed by atoms with Gasteiger partial charge < -0.3 is 10.2 Å². The maximum Gasteiger partial charge on any atom is 0.220 e. The summed E-state index contributed by atoms with van der Waals surface area (Å²) in [5.41, 5.74) is 1.59. The molecule has 8 nitrogen and oxygen atoms in total. The van der Waals surface area contributed by atoms with E-state index in [0.717, 1.165) is 49.3 Å². The van der Waals surface area contributed by atoms with Gasteiger partial charge in [-0.3, -0.25) is 4.40 Å². The molecule has 9 heteroatoms. The molecule has 1 atom stereocenters. The summed E-state index contributed by atoms with van der Waals surface area (Å²) in [5, 5.41) is 2.67. The van der Waals surface area contributed by atoms with E-state index in [-0.39, 0.29) is 5.17 Å². The molecule has 4 rings (SSSR count). The molecule has 0 aromatic carbocycles. The van der Waals surface area contributed by atoms with Gasteiger partial charge in [-0.15, -0.1) is 0 Å². The minimum absolute atomic E-state index is 0.0275. The van der Waals surface area contributed by atoms with Gasteiger partial charge in [-0.2, -0.15) is 0 Å². The fourth-order valence-corrected chi connectivity index (χ4v) is 3.84. The van der Waals surface area contributed by atoms with E-state index < -0.39 is 15.9 Å². The number of amidine groups is 1. The van der Waals surface area contributed by atoms with E-state index in [1.54, 1.807) is 18.6 Å². The Bertz CT molecular complexity index is 959. The molecule has 0 aliphatic carbocycles. The van der Waals surface area contributed by atoms with Crippen LogP contribution in [0.3, 0.4) is 0 Å². The summed E-state index contributed by atoms with van der Waals surface area (Å²) in [6, 6.07) is -0.405. The fraction of sp³-hybridized carbons (Fsp3) is 0.550. The molecule has 4 heterocycles. The van der Waals surface area contributed by atoms with Crippen LogP contribution in [0.4, 0.5) is 5.82 Å². The fourth-order valence-electron chi connectivity index (χ4n) is 3.26. The van der Waals surface area contributed by atoms with Crippen molar-refractivity contribution in [3.05, 3.63) is 36.6 Å². The number of fused-ring (bicyclic) bond motifs is 1. The number of piperidine rings is 1. The highest BCUT2D eigenvalue weighted by molar-refractivity contribution is 8.05. The van der Waals surface area contributed by atoms with Crippen molar-refractivity contribution >= 4 is 26.5 Å². The van der Waals surface area contributed by atoms with Gasteiger partial charge >= 0.3 is 0 Å². The van der Waals surface area contributed by atoms with Crippen LogP contribution in [0, 0.1) is 0 Å². The lowest BCUT2D eigenvalue weighted by Gasteiger charge is -2.27. The molecule has 1 saturated heterocycles. The summed E-state index contributed by atoms with van der Waals surface area (Å²) in [5.74, 6) is 0.874. The SMILES string of the molecule is CC.CC.CS(=O)(=O)C1=NC(c2cnc3c(N4CCCCC4)nccn23)C=CN1. The Morgan fingerprint density at radius 1 is 1.07 bits per heavy atom. The number of rotatable bonds is 2. The minimum atomic E-state index is -3.39. The summed E-state index contributed by atoms with van der Waals surface area (Å²) in [4.78, 5) is 15.7. The first-order valence-electron chi connectivity index (χ1n) is 10.3. The lowest BCUT2D eigenvalue weighted by atomic mass is 10.1. The van der Waals surface area contributed by atoms with E-state index >= 15 is 0 Å². The third-order valence-electron chi connectivity index (χ3n) is 4.49. The molecule has 0 saturated carbocycles. The van der Waals surface area contributed by atoms with Crippen molar-refractivity contribution in [2.45, 2.75) is 53.0 Å². The molecule has 0 amide bonds. The standard InChI is InChI=1S/C16H20N6O2S.2C2H6/c1-25(23,24)16-18-6-5-12(20-16)13-11-19-15-14(17-7-10-22(13)15)21-8-3-2-4-9-21;2*1-2/h5-7,10-12H,2-4,8-9H2,1H3,(H,18,20);2*1-2H3. The number of aromatic nitrogens is 3. The van der Waals surface area contributed by atoms with Crippen LogP contribution in [0.15, 0.2) is 35.9 Å². The zero-order valence-corrected chi connectivity index (χ0v) is 18.8. The van der Waals surface area contributed by atoms with Crippen molar-refractivity contribution in [2.75, 3.05) is 24.2 Å². The number of imidazole rings is 1. The van der Waals surface area contributed by atoms with Crippen molar-refractivity contribution in [3.8, 4) is 0 Å². The molecule has 0 spiro atoms. The molecule has 2 aromatic heterocycles. The first-order chi connectivity index (χ1) is 14.0. The zero-order valence-electron chi connectivity index (χ0n) is 18.0. The third kappa shape index (κ3) is 5.14. The maximum atomic E-state index is 11.8. The highest BCUT2D eigenvalue weighted by Gasteiger charge is 2.23. The van der Waals surface area contributed by atoms with E-state index in [1.807, 2.05) is 44.4 Å². The second-order valence-electron chi connectivity index (χ2n) is 6.33. The predicted molar refractivity (Wildman–Crippen MR) is 119 cm³/mol. The molecule has 0 bridgehead atoms. The second-order valence-corrected chi connectivity index (χ2v) is 8.26. The summed E-state index contributed by atoms with van der Waals surface area (Å²) in [6.45, 7) is 9.97. The Balaban J connectivity index is 0.000000707. The van der Waals surface area contributed by atoms with Crippen LogP contribution >= 0.6 is 0 Å².